The van der Waals surface area contributed by atoms with Gasteiger partial charge in [0.05, 0.1) is 5.69 Å². The number of carbonyl (C=O) groups excluding carboxylic acids is 1. The van der Waals surface area contributed by atoms with Gasteiger partial charge < -0.3 is 15.3 Å². The lowest BCUT2D eigenvalue weighted by atomic mass is 9.64. The Morgan fingerprint density at radius 2 is 2.07 bits per heavy atom. The van der Waals surface area contributed by atoms with Gasteiger partial charge in [-0.2, -0.15) is 5.10 Å². The SMILES string of the molecule is Cc1ccc(NC(=O)N2C3CC(C)CC2(C(=O)O)C3)cc1-c1ccn(C)n1. The molecule has 3 atom stereocenters. The van der Waals surface area contributed by atoms with E-state index in [1.165, 1.54) is 4.90 Å². The maximum absolute atomic E-state index is 12.9. The first-order valence-corrected chi connectivity index (χ1v) is 9.24. The highest BCUT2D eigenvalue weighted by atomic mass is 16.4. The highest BCUT2D eigenvalue weighted by Crippen LogP contribution is 2.50. The summed E-state index contributed by atoms with van der Waals surface area (Å²) in [6.45, 7) is 4.05. The predicted molar refractivity (Wildman–Crippen MR) is 101 cm³/mol. The van der Waals surface area contributed by atoms with Gasteiger partial charge in [0.1, 0.15) is 5.54 Å². The average Bonchev–Trinajstić information content (AvgIpc) is 3.01. The second kappa shape index (κ2) is 6.11. The molecular formula is C20H24N4O3. The second-order valence-corrected chi connectivity index (χ2v) is 7.94. The largest absolute Gasteiger partial charge is 0.479 e. The number of aliphatic carboxylic acids is 1. The number of hydrogen-bond acceptors (Lipinski definition) is 3. The Bertz CT molecular complexity index is 922. The molecule has 0 spiro atoms. The maximum Gasteiger partial charge on any atom is 0.329 e. The van der Waals surface area contributed by atoms with Crippen molar-refractivity contribution in [1.29, 1.82) is 0 Å². The monoisotopic (exact) mass is 368 g/mol. The fourth-order valence-electron chi connectivity index (χ4n) is 4.67. The molecule has 2 bridgehead atoms. The quantitative estimate of drug-likeness (QED) is 0.870. The van der Waals surface area contributed by atoms with Gasteiger partial charge in [0.25, 0.3) is 0 Å². The van der Waals surface area contributed by atoms with Gasteiger partial charge in [0.2, 0.25) is 0 Å². The molecule has 3 unspecified atom stereocenters. The van der Waals surface area contributed by atoms with Crippen LogP contribution in [0.25, 0.3) is 11.3 Å². The van der Waals surface area contributed by atoms with Gasteiger partial charge in [-0.1, -0.05) is 13.0 Å². The lowest BCUT2D eigenvalue weighted by Gasteiger charge is -2.60. The zero-order chi connectivity index (χ0) is 19.3. The highest BCUT2D eigenvalue weighted by Gasteiger charge is 2.63. The van der Waals surface area contributed by atoms with E-state index in [0.717, 1.165) is 23.2 Å². The predicted octanol–water partition coefficient (Wildman–Crippen LogP) is 3.26. The van der Waals surface area contributed by atoms with E-state index in [2.05, 4.69) is 17.3 Å². The first-order valence-electron chi connectivity index (χ1n) is 9.24. The zero-order valence-electron chi connectivity index (χ0n) is 15.8. The lowest BCUT2D eigenvalue weighted by Crippen LogP contribution is -2.75. The summed E-state index contributed by atoms with van der Waals surface area (Å²) in [5.74, 6) is -0.586. The minimum atomic E-state index is -1.05. The van der Waals surface area contributed by atoms with Crippen LogP contribution in [0.1, 0.15) is 31.7 Å². The third kappa shape index (κ3) is 2.78. The fraction of sp³-hybridized carbons (Fsp3) is 0.450. The molecule has 7 heteroatoms. The number of aromatic nitrogens is 2. The number of urea groups is 1. The van der Waals surface area contributed by atoms with E-state index in [9.17, 15) is 14.7 Å². The van der Waals surface area contributed by atoms with Gasteiger partial charge in [-0.05, 0) is 49.4 Å². The summed E-state index contributed by atoms with van der Waals surface area (Å²) in [5.41, 5.74) is 2.43. The minimum Gasteiger partial charge on any atom is -0.479 e. The van der Waals surface area contributed by atoms with E-state index >= 15 is 0 Å². The summed E-state index contributed by atoms with van der Waals surface area (Å²) in [4.78, 5) is 26.3. The molecule has 2 aliphatic rings. The summed E-state index contributed by atoms with van der Waals surface area (Å²) >= 11 is 0. The third-order valence-electron chi connectivity index (χ3n) is 5.86. The van der Waals surface area contributed by atoms with Crippen molar-refractivity contribution < 1.29 is 14.7 Å². The number of nitrogens with zero attached hydrogens (tertiary/aromatic N) is 3. The van der Waals surface area contributed by atoms with E-state index in [1.807, 2.05) is 44.4 Å². The van der Waals surface area contributed by atoms with Crippen molar-refractivity contribution >= 4 is 17.7 Å². The van der Waals surface area contributed by atoms with E-state index in [-0.39, 0.29) is 12.1 Å². The van der Waals surface area contributed by atoms with E-state index in [1.54, 1.807) is 4.68 Å². The molecule has 2 N–H and O–H groups in total. The molecule has 7 nitrogen and oxygen atoms in total. The number of carboxylic acid groups (broad SMARTS) is 1. The Hall–Kier alpha value is -2.83. The molecule has 3 heterocycles. The summed E-state index contributed by atoms with van der Waals surface area (Å²) in [5, 5.41) is 17.1. The van der Waals surface area contributed by atoms with Crippen molar-refractivity contribution in [3.8, 4) is 11.3 Å². The molecule has 0 radical (unpaired) electrons. The molecule has 4 rings (SSSR count). The van der Waals surface area contributed by atoms with Gasteiger partial charge >= 0.3 is 12.0 Å². The van der Waals surface area contributed by atoms with Gasteiger partial charge in [0, 0.05) is 37.0 Å². The van der Waals surface area contributed by atoms with E-state index in [4.69, 9.17) is 0 Å². The van der Waals surface area contributed by atoms with Gasteiger partial charge in [-0.25, -0.2) is 9.59 Å². The summed E-state index contributed by atoms with van der Waals surface area (Å²) in [6, 6.07) is 7.26. The van der Waals surface area contributed by atoms with Crippen LogP contribution in [0.5, 0.6) is 0 Å². The number of benzene rings is 1. The molecule has 2 aromatic rings. The summed E-state index contributed by atoms with van der Waals surface area (Å²) in [7, 11) is 1.86. The summed E-state index contributed by atoms with van der Waals surface area (Å²) in [6.07, 6.45) is 3.79. The molecule has 2 saturated heterocycles. The topological polar surface area (TPSA) is 87.5 Å². The Balaban J connectivity index is 1.58. The van der Waals surface area contributed by atoms with Crippen LogP contribution in [0.2, 0.25) is 0 Å². The number of fused-ring (bicyclic) bond motifs is 2. The average molecular weight is 368 g/mol. The van der Waals surface area contributed by atoms with Gasteiger partial charge in [-0.15, -0.1) is 0 Å². The second-order valence-electron chi connectivity index (χ2n) is 7.94. The molecule has 142 valence electrons. The molecular weight excluding hydrogens is 344 g/mol. The number of nitrogens with one attached hydrogen (secondary N) is 1. The Morgan fingerprint density at radius 1 is 1.30 bits per heavy atom. The summed E-state index contributed by atoms with van der Waals surface area (Å²) < 4.78 is 1.74. The van der Waals surface area contributed by atoms with Crippen molar-refractivity contribution in [2.75, 3.05) is 5.32 Å². The number of piperidine rings is 1. The minimum absolute atomic E-state index is 0.00515. The molecule has 2 aliphatic heterocycles. The third-order valence-corrected chi connectivity index (χ3v) is 5.86. The maximum atomic E-state index is 12.9. The number of carboxylic acids is 1. The molecule has 1 aromatic heterocycles. The number of rotatable bonds is 3. The van der Waals surface area contributed by atoms with Crippen molar-refractivity contribution in [2.24, 2.45) is 13.0 Å². The van der Waals surface area contributed by atoms with Crippen LogP contribution in [0.4, 0.5) is 10.5 Å². The molecule has 2 fully saturated rings. The molecule has 1 aromatic carbocycles. The lowest BCUT2D eigenvalue weighted by molar-refractivity contribution is -0.173. The van der Waals surface area contributed by atoms with Gasteiger partial charge in [0.15, 0.2) is 0 Å². The number of carbonyl (C=O) groups is 2. The molecule has 0 saturated carbocycles. The molecule has 27 heavy (non-hydrogen) atoms. The molecule has 0 aliphatic carbocycles. The van der Waals surface area contributed by atoms with E-state index < -0.39 is 11.5 Å². The molecule has 2 amide bonds. The first kappa shape index (κ1) is 17.6. The standard InChI is InChI=1S/C20H24N4O3/c1-12-8-15-11-20(10-12,18(25)26)24(15)19(27)21-14-5-4-13(2)16(9-14)17-6-7-23(3)22-17/h4-7,9,12,15H,8,10-11H2,1-3H3,(H,21,27)(H,25,26). The smallest absolute Gasteiger partial charge is 0.329 e. The van der Waals surface area contributed by atoms with Crippen LogP contribution < -0.4 is 5.32 Å². The van der Waals surface area contributed by atoms with Crippen molar-refractivity contribution in [3.05, 3.63) is 36.0 Å². The number of anilines is 1. The highest BCUT2D eigenvalue weighted by molar-refractivity contribution is 5.96. The number of amides is 2. The van der Waals surface area contributed by atoms with Crippen LogP contribution in [0.15, 0.2) is 30.5 Å². The van der Waals surface area contributed by atoms with Crippen LogP contribution in [0, 0.1) is 12.8 Å². The van der Waals surface area contributed by atoms with E-state index in [0.29, 0.717) is 24.4 Å². The zero-order valence-corrected chi connectivity index (χ0v) is 15.8. The fourth-order valence-corrected chi connectivity index (χ4v) is 4.67. The van der Waals surface area contributed by atoms with Crippen molar-refractivity contribution in [3.63, 3.8) is 0 Å². The Morgan fingerprint density at radius 3 is 2.74 bits per heavy atom. The number of aryl methyl sites for hydroxylation is 2. The van der Waals surface area contributed by atoms with Gasteiger partial charge in [-0.3, -0.25) is 4.68 Å². The van der Waals surface area contributed by atoms with Crippen molar-refractivity contribution in [1.82, 2.24) is 14.7 Å². The first-order chi connectivity index (χ1) is 12.8. The van der Waals surface area contributed by atoms with Crippen LogP contribution in [-0.2, 0) is 11.8 Å². The van der Waals surface area contributed by atoms with Crippen LogP contribution in [0.3, 0.4) is 0 Å². The van der Waals surface area contributed by atoms with Crippen LogP contribution >= 0.6 is 0 Å². The Labute approximate surface area is 158 Å². The Kier molecular flexibility index (Phi) is 3.98. The normalized spacial score (nSPS) is 26.4. The van der Waals surface area contributed by atoms with Crippen LogP contribution in [-0.4, -0.2) is 43.4 Å². The number of hydrogen-bond donors (Lipinski definition) is 2. The van der Waals surface area contributed by atoms with Crippen molar-refractivity contribution in [2.45, 2.75) is 44.7 Å².